The van der Waals surface area contributed by atoms with E-state index < -0.39 is 0 Å². The Morgan fingerprint density at radius 2 is 2.33 bits per heavy atom. The lowest BCUT2D eigenvalue weighted by Crippen LogP contribution is -2.37. The summed E-state index contributed by atoms with van der Waals surface area (Å²) < 4.78 is 4.77. The Labute approximate surface area is 74.5 Å². The van der Waals surface area contributed by atoms with Crippen LogP contribution in [-0.2, 0) is 4.74 Å². The lowest BCUT2D eigenvalue weighted by molar-refractivity contribution is 0.0251. The summed E-state index contributed by atoms with van der Waals surface area (Å²) in [5, 5.41) is 8.24. The molecule has 0 aromatic carbocycles. The molecule has 0 bridgehead atoms. The van der Waals surface area contributed by atoms with E-state index >= 15 is 0 Å². The Balaban J connectivity index is 2.23. The van der Waals surface area contributed by atoms with Gasteiger partial charge >= 0.3 is 0 Å². The van der Waals surface area contributed by atoms with Crippen molar-refractivity contribution in [3.05, 3.63) is 0 Å². The molecule has 68 valence electrons. The summed E-state index contributed by atoms with van der Waals surface area (Å²) in [5.41, 5.74) is 0. The van der Waals surface area contributed by atoms with Crippen LogP contribution < -0.4 is 0 Å². The van der Waals surface area contributed by atoms with Gasteiger partial charge in [-0.05, 0) is 24.2 Å². The Bertz CT molecular complexity index is 173. The van der Waals surface area contributed by atoms with E-state index in [-0.39, 0.29) is 0 Å². The summed E-state index contributed by atoms with van der Waals surface area (Å²) in [6.07, 6.45) is 5.53. The van der Waals surface area contributed by atoms with Crippen LogP contribution in [0.15, 0.2) is 0 Å². The van der Waals surface area contributed by atoms with E-state index in [4.69, 9.17) is 10.00 Å². The summed E-state index contributed by atoms with van der Waals surface area (Å²) in [7, 11) is 0. The van der Waals surface area contributed by atoms with Crippen LogP contribution in [0.3, 0.4) is 0 Å². The first-order valence-corrected chi connectivity index (χ1v) is 4.80. The van der Waals surface area contributed by atoms with Gasteiger partial charge in [-0.25, -0.2) is 0 Å². The summed E-state index contributed by atoms with van der Waals surface area (Å²) >= 11 is 0. The van der Waals surface area contributed by atoms with Crippen molar-refractivity contribution in [2.45, 2.75) is 33.1 Å². The second kappa shape index (κ2) is 4.35. The van der Waals surface area contributed by atoms with Crippen LogP contribution in [0.1, 0.15) is 33.1 Å². The van der Waals surface area contributed by atoms with Crippen molar-refractivity contribution in [1.29, 1.82) is 5.26 Å². The van der Waals surface area contributed by atoms with Gasteiger partial charge in [-0.15, -0.1) is 0 Å². The monoisotopic (exact) mass is 167 g/mol. The van der Waals surface area contributed by atoms with Crippen molar-refractivity contribution in [2.24, 2.45) is 17.8 Å². The third kappa shape index (κ3) is 1.91. The molecular formula is C10H17NO. The van der Waals surface area contributed by atoms with E-state index in [2.05, 4.69) is 13.8 Å². The minimum absolute atomic E-state index is 0.644. The van der Waals surface area contributed by atoms with Gasteiger partial charge in [0.05, 0.1) is 0 Å². The third-order valence-corrected chi connectivity index (χ3v) is 2.99. The number of hydrogen-bond acceptors (Lipinski definition) is 2. The highest BCUT2D eigenvalue weighted by Gasteiger charge is 2.37. The third-order valence-electron chi connectivity index (χ3n) is 2.99. The molecule has 2 heteroatoms. The lowest BCUT2D eigenvalue weighted by atomic mass is 9.64. The number of nitrogens with zero attached hydrogens (tertiary/aromatic N) is 1. The van der Waals surface area contributed by atoms with Crippen LogP contribution >= 0.6 is 0 Å². The fourth-order valence-corrected chi connectivity index (χ4v) is 2.29. The minimum atomic E-state index is 0.644. The highest BCUT2D eigenvalue weighted by molar-refractivity contribution is 4.86. The topological polar surface area (TPSA) is 33.0 Å². The highest BCUT2D eigenvalue weighted by atomic mass is 16.5. The maximum Gasteiger partial charge on any atom is 0.286 e. The summed E-state index contributed by atoms with van der Waals surface area (Å²) in [4.78, 5) is 0. The van der Waals surface area contributed by atoms with Gasteiger partial charge in [-0.1, -0.05) is 26.7 Å². The molecule has 12 heavy (non-hydrogen) atoms. The van der Waals surface area contributed by atoms with Gasteiger partial charge in [0.1, 0.15) is 6.61 Å². The molecule has 0 aromatic rings. The molecule has 3 atom stereocenters. The van der Waals surface area contributed by atoms with Gasteiger partial charge in [0.25, 0.3) is 6.26 Å². The molecule has 1 rings (SSSR count). The van der Waals surface area contributed by atoms with Crippen LogP contribution in [0.5, 0.6) is 0 Å². The highest BCUT2D eigenvalue weighted by Crippen LogP contribution is 2.42. The van der Waals surface area contributed by atoms with E-state index in [0.29, 0.717) is 12.5 Å². The SMILES string of the molecule is CCC[C@@H]1C(COC#N)C[C@@H]1C. The zero-order chi connectivity index (χ0) is 8.97. The summed E-state index contributed by atoms with van der Waals surface area (Å²) in [6.45, 7) is 5.15. The molecule has 0 amide bonds. The maximum absolute atomic E-state index is 8.24. The van der Waals surface area contributed by atoms with Gasteiger partial charge < -0.3 is 4.74 Å². The molecule has 1 unspecified atom stereocenters. The average molecular weight is 167 g/mol. The predicted octanol–water partition coefficient (Wildman–Crippen LogP) is 2.56. The van der Waals surface area contributed by atoms with E-state index in [1.165, 1.54) is 19.3 Å². The van der Waals surface area contributed by atoms with Crippen molar-refractivity contribution in [3.8, 4) is 6.26 Å². The Kier molecular flexibility index (Phi) is 3.40. The molecule has 0 radical (unpaired) electrons. The van der Waals surface area contributed by atoms with Gasteiger partial charge in [0.2, 0.25) is 0 Å². The molecule has 2 nitrogen and oxygen atoms in total. The molecule has 1 fully saturated rings. The molecule has 0 saturated heterocycles. The summed E-state index contributed by atoms with van der Waals surface area (Å²) in [5.74, 6) is 2.31. The molecule has 0 N–H and O–H groups in total. The van der Waals surface area contributed by atoms with Crippen LogP contribution in [-0.4, -0.2) is 6.61 Å². The predicted molar refractivity (Wildman–Crippen MR) is 47.2 cm³/mol. The van der Waals surface area contributed by atoms with Gasteiger partial charge in [-0.2, -0.15) is 5.26 Å². The van der Waals surface area contributed by atoms with Crippen molar-refractivity contribution in [2.75, 3.05) is 6.61 Å². The van der Waals surface area contributed by atoms with Gasteiger partial charge in [0, 0.05) is 0 Å². The van der Waals surface area contributed by atoms with E-state index in [0.717, 1.165) is 11.8 Å². The van der Waals surface area contributed by atoms with Crippen LogP contribution in [0.25, 0.3) is 0 Å². The molecule has 0 spiro atoms. The molecule has 0 aliphatic heterocycles. The standard InChI is InChI=1S/C10H17NO/c1-3-4-10-8(2)5-9(10)6-12-7-11/h8-10H,3-6H2,1-2H3/t8-,9?,10-/m0/s1. The van der Waals surface area contributed by atoms with E-state index in [9.17, 15) is 0 Å². The molecular weight excluding hydrogens is 150 g/mol. The first kappa shape index (κ1) is 9.38. The zero-order valence-electron chi connectivity index (χ0n) is 7.92. The normalized spacial score (nSPS) is 33.6. The minimum Gasteiger partial charge on any atom is -0.427 e. The first-order chi connectivity index (χ1) is 5.79. The van der Waals surface area contributed by atoms with Crippen molar-refractivity contribution in [1.82, 2.24) is 0 Å². The largest absolute Gasteiger partial charge is 0.427 e. The van der Waals surface area contributed by atoms with Gasteiger partial charge in [0.15, 0.2) is 0 Å². The number of hydrogen-bond donors (Lipinski definition) is 0. The van der Waals surface area contributed by atoms with Crippen molar-refractivity contribution < 1.29 is 4.74 Å². The van der Waals surface area contributed by atoms with Crippen LogP contribution in [0.2, 0.25) is 0 Å². The molecule has 1 aliphatic rings. The second-order valence-corrected chi connectivity index (χ2v) is 3.83. The van der Waals surface area contributed by atoms with Crippen molar-refractivity contribution in [3.63, 3.8) is 0 Å². The quantitative estimate of drug-likeness (QED) is 0.603. The lowest BCUT2D eigenvalue weighted by Gasteiger charge is -2.42. The number of ether oxygens (including phenoxy) is 1. The van der Waals surface area contributed by atoms with Crippen LogP contribution in [0, 0.1) is 29.3 Å². The average Bonchev–Trinajstić information content (AvgIpc) is 2.08. The number of rotatable bonds is 4. The van der Waals surface area contributed by atoms with Gasteiger partial charge in [-0.3, -0.25) is 0 Å². The Morgan fingerprint density at radius 3 is 2.83 bits per heavy atom. The molecule has 0 aromatic heterocycles. The fourth-order valence-electron chi connectivity index (χ4n) is 2.29. The Hall–Kier alpha value is -0.710. The number of nitriles is 1. The second-order valence-electron chi connectivity index (χ2n) is 3.83. The first-order valence-electron chi connectivity index (χ1n) is 4.80. The van der Waals surface area contributed by atoms with E-state index in [1.54, 1.807) is 6.26 Å². The van der Waals surface area contributed by atoms with Crippen LogP contribution in [0.4, 0.5) is 0 Å². The molecule has 1 aliphatic carbocycles. The smallest absolute Gasteiger partial charge is 0.286 e. The van der Waals surface area contributed by atoms with E-state index in [1.807, 2.05) is 0 Å². The van der Waals surface area contributed by atoms with Crippen molar-refractivity contribution >= 4 is 0 Å². The molecule has 1 saturated carbocycles. The maximum atomic E-state index is 8.24. The zero-order valence-corrected chi connectivity index (χ0v) is 7.92. The molecule has 0 heterocycles. The fraction of sp³-hybridized carbons (Fsp3) is 0.900. The summed E-state index contributed by atoms with van der Waals surface area (Å²) in [6, 6.07) is 0. The Morgan fingerprint density at radius 1 is 1.58 bits per heavy atom.